The van der Waals surface area contributed by atoms with Crippen molar-refractivity contribution in [1.82, 2.24) is 4.90 Å². The molecule has 0 spiro atoms. The van der Waals surface area contributed by atoms with Crippen LogP contribution in [0.4, 0.5) is 4.79 Å². The maximum atomic E-state index is 12.3. The molecule has 0 radical (unpaired) electrons. The fourth-order valence-corrected chi connectivity index (χ4v) is 2.90. The molecule has 25 heavy (non-hydrogen) atoms. The summed E-state index contributed by atoms with van der Waals surface area (Å²) in [6.45, 7) is 11.5. The number of aryl methyl sites for hydroxylation is 2. The van der Waals surface area contributed by atoms with Gasteiger partial charge in [-0.05, 0) is 70.4 Å². The van der Waals surface area contributed by atoms with E-state index in [2.05, 4.69) is 6.92 Å². The van der Waals surface area contributed by atoms with Crippen molar-refractivity contribution in [2.75, 3.05) is 6.54 Å². The second-order valence-corrected chi connectivity index (χ2v) is 7.64. The van der Waals surface area contributed by atoms with Gasteiger partial charge in [0.05, 0.1) is 6.54 Å². The number of carboxylic acid groups (broad SMARTS) is 1. The summed E-state index contributed by atoms with van der Waals surface area (Å²) >= 11 is 0. The minimum absolute atomic E-state index is 0.192. The van der Waals surface area contributed by atoms with Crippen LogP contribution in [0.3, 0.4) is 0 Å². The minimum Gasteiger partial charge on any atom is -0.488 e. The summed E-state index contributed by atoms with van der Waals surface area (Å²) in [5, 5.41) is 9.43. The van der Waals surface area contributed by atoms with Crippen LogP contribution >= 0.6 is 0 Å². The van der Waals surface area contributed by atoms with Gasteiger partial charge in [-0.1, -0.05) is 0 Å². The van der Waals surface area contributed by atoms with Crippen molar-refractivity contribution in [3.63, 3.8) is 0 Å². The number of aliphatic carboxylic acids is 1. The second-order valence-electron chi connectivity index (χ2n) is 7.64. The number of amides is 1. The second kappa shape index (κ2) is 6.94. The lowest BCUT2D eigenvalue weighted by Crippen LogP contribution is -2.43. The topological polar surface area (TPSA) is 76.1 Å². The molecule has 6 nitrogen and oxygen atoms in total. The Morgan fingerprint density at radius 3 is 2.20 bits per heavy atom. The van der Waals surface area contributed by atoms with Crippen molar-refractivity contribution in [1.29, 1.82) is 0 Å². The van der Waals surface area contributed by atoms with Gasteiger partial charge in [-0.25, -0.2) is 9.59 Å². The van der Waals surface area contributed by atoms with Crippen molar-refractivity contribution in [2.24, 2.45) is 0 Å². The predicted octanol–water partition coefficient (Wildman–Crippen LogP) is 3.45. The number of carbonyl (C=O) groups is 2. The third-order valence-corrected chi connectivity index (χ3v) is 4.38. The van der Waals surface area contributed by atoms with Gasteiger partial charge >= 0.3 is 12.1 Å². The number of rotatable bonds is 3. The quantitative estimate of drug-likeness (QED) is 0.904. The number of nitrogens with zero attached hydrogens (tertiary/aromatic N) is 1. The summed E-state index contributed by atoms with van der Waals surface area (Å²) in [6, 6.07) is 2.94. The van der Waals surface area contributed by atoms with E-state index in [1.807, 2.05) is 26.0 Å². The van der Waals surface area contributed by atoms with E-state index >= 15 is 0 Å². The van der Waals surface area contributed by atoms with Crippen LogP contribution < -0.4 is 4.74 Å². The zero-order valence-corrected chi connectivity index (χ0v) is 15.8. The van der Waals surface area contributed by atoms with Crippen LogP contribution in [0.25, 0.3) is 0 Å². The molecule has 1 saturated heterocycles. The van der Waals surface area contributed by atoms with Crippen LogP contribution in [0.15, 0.2) is 12.1 Å². The van der Waals surface area contributed by atoms with E-state index in [9.17, 15) is 14.7 Å². The summed E-state index contributed by atoms with van der Waals surface area (Å²) in [5.41, 5.74) is 2.76. The van der Waals surface area contributed by atoms with Crippen molar-refractivity contribution in [3.8, 4) is 5.75 Å². The van der Waals surface area contributed by atoms with E-state index in [1.165, 1.54) is 10.5 Å². The highest BCUT2D eigenvalue weighted by Gasteiger charge is 2.42. The first-order valence-electron chi connectivity index (χ1n) is 8.45. The van der Waals surface area contributed by atoms with Gasteiger partial charge in [0.25, 0.3) is 0 Å². The molecule has 1 amide bonds. The smallest absolute Gasteiger partial charge is 0.411 e. The molecular weight excluding hydrogens is 322 g/mol. The Bertz CT molecular complexity index is 654. The summed E-state index contributed by atoms with van der Waals surface area (Å²) in [5.74, 6) is -0.353. The Morgan fingerprint density at radius 2 is 1.72 bits per heavy atom. The lowest BCUT2D eigenvalue weighted by Gasteiger charge is -2.26. The molecule has 1 aliphatic heterocycles. The first kappa shape index (κ1) is 19.1. The van der Waals surface area contributed by atoms with Gasteiger partial charge in [0, 0.05) is 6.42 Å². The summed E-state index contributed by atoms with van der Waals surface area (Å²) in [7, 11) is 0. The maximum absolute atomic E-state index is 12.3. The Hall–Kier alpha value is -2.24. The fraction of sp³-hybridized carbons (Fsp3) is 0.579. The van der Waals surface area contributed by atoms with Crippen LogP contribution in [0.1, 0.15) is 43.9 Å². The molecule has 0 saturated carbocycles. The average Bonchev–Trinajstić information content (AvgIpc) is 2.87. The highest BCUT2D eigenvalue weighted by Crippen LogP contribution is 2.27. The molecule has 138 valence electrons. The normalized spacial score (nSPS) is 20.5. The molecule has 0 bridgehead atoms. The Morgan fingerprint density at radius 1 is 1.16 bits per heavy atom. The predicted molar refractivity (Wildman–Crippen MR) is 94.0 cm³/mol. The number of hydrogen-bond acceptors (Lipinski definition) is 4. The largest absolute Gasteiger partial charge is 0.488 e. The van der Waals surface area contributed by atoms with Crippen LogP contribution in [0.2, 0.25) is 0 Å². The number of carboxylic acids is 1. The first-order chi connectivity index (χ1) is 11.5. The van der Waals surface area contributed by atoms with Crippen LogP contribution in [-0.4, -0.2) is 46.4 Å². The summed E-state index contributed by atoms with van der Waals surface area (Å²) in [6.07, 6.45) is -0.766. The van der Waals surface area contributed by atoms with Gasteiger partial charge in [0.2, 0.25) is 0 Å². The molecule has 1 aromatic carbocycles. The fourth-order valence-electron chi connectivity index (χ4n) is 2.90. The molecule has 1 N–H and O–H groups in total. The Labute approximate surface area is 148 Å². The molecule has 0 unspecified atom stereocenters. The number of ether oxygens (including phenoxy) is 2. The zero-order valence-electron chi connectivity index (χ0n) is 15.8. The van der Waals surface area contributed by atoms with Crippen molar-refractivity contribution >= 4 is 12.1 Å². The monoisotopic (exact) mass is 349 g/mol. The third kappa shape index (κ3) is 4.65. The lowest BCUT2D eigenvalue weighted by atomic mass is 10.0. The Balaban J connectivity index is 2.14. The van der Waals surface area contributed by atoms with E-state index in [-0.39, 0.29) is 19.1 Å². The van der Waals surface area contributed by atoms with Crippen molar-refractivity contribution < 1.29 is 24.2 Å². The van der Waals surface area contributed by atoms with E-state index < -0.39 is 23.7 Å². The van der Waals surface area contributed by atoms with Gasteiger partial charge in [-0.2, -0.15) is 0 Å². The molecule has 1 aromatic rings. The van der Waals surface area contributed by atoms with Gasteiger partial charge in [-0.3, -0.25) is 4.90 Å². The van der Waals surface area contributed by atoms with Gasteiger partial charge in [-0.15, -0.1) is 0 Å². The number of carbonyl (C=O) groups excluding carboxylic acids is 1. The molecule has 1 aliphatic rings. The van der Waals surface area contributed by atoms with E-state index in [1.54, 1.807) is 20.8 Å². The highest BCUT2D eigenvalue weighted by atomic mass is 16.6. The van der Waals surface area contributed by atoms with E-state index in [4.69, 9.17) is 9.47 Å². The van der Waals surface area contributed by atoms with E-state index in [0.717, 1.165) is 11.1 Å². The van der Waals surface area contributed by atoms with Crippen molar-refractivity contribution in [2.45, 2.75) is 65.7 Å². The number of likely N-dealkylation sites (tertiary alicyclic amines) is 1. The van der Waals surface area contributed by atoms with Gasteiger partial charge in [0.15, 0.2) is 0 Å². The molecular formula is C19H27NO5. The summed E-state index contributed by atoms with van der Waals surface area (Å²) < 4.78 is 11.3. The summed E-state index contributed by atoms with van der Waals surface area (Å²) in [4.78, 5) is 25.1. The molecule has 2 atom stereocenters. The van der Waals surface area contributed by atoms with Gasteiger partial charge in [0.1, 0.15) is 23.5 Å². The number of benzene rings is 1. The highest BCUT2D eigenvalue weighted by molar-refractivity contribution is 5.81. The molecule has 1 heterocycles. The van der Waals surface area contributed by atoms with Crippen molar-refractivity contribution in [3.05, 3.63) is 28.8 Å². The van der Waals surface area contributed by atoms with Crippen LogP contribution in [0, 0.1) is 20.8 Å². The molecule has 1 fully saturated rings. The standard InChI is InChI=1S/C19H27NO5/c1-11-7-14(8-12(2)13(11)3)24-15-9-16(17(21)22)20(10-15)18(23)25-19(4,5)6/h7-8,15-16H,9-10H2,1-6H3,(H,21,22)/t15-,16-/m0/s1. The Kier molecular flexibility index (Phi) is 5.30. The molecule has 6 heteroatoms. The maximum Gasteiger partial charge on any atom is 0.411 e. The first-order valence-corrected chi connectivity index (χ1v) is 8.45. The SMILES string of the molecule is Cc1cc(O[C@H]2C[C@@H](C(=O)O)N(C(=O)OC(C)(C)C)C2)cc(C)c1C. The van der Waals surface area contributed by atoms with Gasteiger partial charge < -0.3 is 14.6 Å². The van der Waals surface area contributed by atoms with E-state index in [0.29, 0.717) is 5.75 Å². The van der Waals surface area contributed by atoms with Crippen LogP contribution in [0.5, 0.6) is 5.75 Å². The average molecular weight is 349 g/mol. The third-order valence-electron chi connectivity index (χ3n) is 4.38. The number of hydrogen-bond donors (Lipinski definition) is 1. The van der Waals surface area contributed by atoms with Crippen LogP contribution in [-0.2, 0) is 9.53 Å². The molecule has 2 rings (SSSR count). The molecule has 0 aliphatic carbocycles. The lowest BCUT2D eigenvalue weighted by molar-refractivity contribution is -0.142. The molecule has 0 aromatic heterocycles. The minimum atomic E-state index is -1.05. The zero-order chi connectivity index (χ0) is 18.9.